The first-order chi connectivity index (χ1) is 40.2. The van der Waals surface area contributed by atoms with Crippen LogP contribution < -0.4 is 16.0 Å². The number of alkyl carbamates (subject to hydrolysis) is 2. The summed E-state index contributed by atoms with van der Waals surface area (Å²) in [5, 5.41) is 77.1. The maximum atomic E-state index is 14.1. The van der Waals surface area contributed by atoms with Crippen LogP contribution in [-0.4, -0.2) is 185 Å². The van der Waals surface area contributed by atoms with E-state index in [0.29, 0.717) is 18.4 Å². The molecule has 0 aromatic heterocycles. The quantitative estimate of drug-likeness (QED) is 0.0517. The van der Waals surface area contributed by atoms with Gasteiger partial charge in [-0.2, -0.15) is 0 Å². The van der Waals surface area contributed by atoms with E-state index in [1.165, 1.54) is 0 Å². The molecule has 0 spiro atoms. The lowest BCUT2D eigenvalue weighted by molar-refractivity contribution is -0.366. The van der Waals surface area contributed by atoms with Crippen LogP contribution >= 0.6 is 0 Å². The molecule has 1 saturated carbocycles. The zero-order valence-electron chi connectivity index (χ0n) is 47.6. The van der Waals surface area contributed by atoms with E-state index in [9.17, 15) is 45.0 Å². The van der Waals surface area contributed by atoms with Crippen molar-refractivity contribution < 1.29 is 97.1 Å². The van der Waals surface area contributed by atoms with Crippen molar-refractivity contribution in [2.75, 3.05) is 26.4 Å². The van der Waals surface area contributed by atoms with Gasteiger partial charge < -0.3 is 98.7 Å². The third kappa shape index (κ3) is 17.0. The molecule has 0 radical (unpaired) electrons. The summed E-state index contributed by atoms with van der Waals surface area (Å²) >= 11 is 0. The molecule has 1 aliphatic carbocycles. The molecule has 83 heavy (non-hydrogen) atoms. The van der Waals surface area contributed by atoms with Crippen LogP contribution in [0.15, 0.2) is 91.0 Å². The van der Waals surface area contributed by atoms with E-state index in [1.54, 1.807) is 62.4 Å². The molecule has 8 rings (SSSR count). The summed E-state index contributed by atoms with van der Waals surface area (Å²) in [6, 6.07) is 25.2. The Hall–Kier alpha value is -4.93. The van der Waals surface area contributed by atoms with E-state index < -0.39 is 153 Å². The monoisotopic (exact) mass is 1170 g/mol. The Kier molecular flexibility index (Phi) is 24.3. The molecule has 3 aromatic carbocycles. The highest BCUT2D eigenvalue weighted by atomic mass is 16.8. The number of nitrogens with one attached hydrogen (secondary N) is 3. The Balaban J connectivity index is 1.08. The first-order valence-corrected chi connectivity index (χ1v) is 29.3. The van der Waals surface area contributed by atoms with Crippen LogP contribution in [0.25, 0.3) is 0 Å². The molecule has 4 heterocycles. The second-order valence-electron chi connectivity index (χ2n) is 22.1. The lowest BCUT2D eigenvalue weighted by Gasteiger charge is -2.51. The van der Waals surface area contributed by atoms with Gasteiger partial charge in [0.05, 0.1) is 37.5 Å². The third-order valence-electron chi connectivity index (χ3n) is 16.0. The maximum Gasteiger partial charge on any atom is 0.407 e. The van der Waals surface area contributed by atoms with Gasteiger partial charge in [-0.1, -0.05) is 151 Å². The Morgan fingerprint density at radius 3 is 1.87 bits per heavy atom. The number of rotatable bonds is 26. The number of unbranched alkanes of at least 4 members (excludes halogenated alkanes) is 4. The summed E-state index contributed by atoms with van der Waals surface area (Å²) in [4.78, 5) is 40.7. The normalized spacial score (nSPS) is 34.7. The fourth-order valence-electron chi connectivity index (χ4n) is 11.1. The Bertz CT molecular complexity index is 2420. The molecule has 23 heteroatoms. The average Bonchev–Trinajstić information content (AvgIpc) is 2.97. The number of carbonyl (C=O) groups excluding carboxylic acids is 3. The fourth-order valence-corrected chi connectivity index (χ4v) is 11.1. The van der Waals surface area contributed by atoms with Crippen molar-refractivity contribution in [1.82, 2.24) is 16.0 Å². The SMILES string of the molecule is CCCCCCCO[C@@H]1[C@@H](O[C@@H]2O[C@H](CO)[C@@H](O[C@H]3O[C@@H](CNC(=O)OCc4ccccc4)[C@@H](O)[C@H](O)[C@H]3C)[C@H]2O)[C@H](O[C@H]2O[C@@H]3COC(c4ccccc4)O[C@H]3[C@H](O)[C@H]2C)[C@@H](NC(=O)OCc2ccccc2)C[C@H]1NC(=O)[C@@H](O)CCC. The van der Waals surface area contributed by atoms with Crippen molar-refractivity contribution in [2.24, 2.45) is 11.8 Å². The molecule has 4 aliphatic heterocycles. The van der Waals surface area contributed by atoms with Crippen LogP contribution in [0.5, 0.6) is 0 Å². The largest absolute Gasteiger partial charge is 0.445 e. The van der Waals surface area contributed by atoms with E-state index in [4.69, 9.17) is 52.1 Å². The highest BCUT2D eigenvalue weighted by Gasteiger charge is 2.57. The average molecular weight is 1170 g/mol. The smallest absolute Gasteiger partial charge is 0.407 e. The van der Waals surface area contributed by atoms with Crippen molar-refractivity contribution in [3.63, 3.8) is 0 Å². The zero-order valence-corrected chi connectivity index (χ0v) is 47.6. The summed E-state index contributed by atoms with van der Waals surface area (Å²) in [7, 11) is 0. The predicted octanol–water partition coefficient (Wildman–Crippen LogP) is 3.77. The topological polar surface area (TPSA) is 310 Å². The highest BCUT2D eigenvalue weighted by molar-refractivity contribution is 5.80. The first-order valence-electron chi connectivity index (χ1n) is 29.3. The van der Waals surface area contributed by atoms with Crippen molar-refractivity contribution in [3.05, 3.63) is 108 Å². The molecule has 5 fully saturated rings. The number of aliphatic hydroxyl groups is 6. The minimum atomic E-state index is -1.74. The number of amides is 3. The van der Waals surface area contributed by atoms with E-state index in [1.807, 2.05) is 49.4 Å². The molecule has 23 nitrogen and oxygen atoms in total. The second-order valence-corrected chi connectivity index (χ2v) is 22.1. The third-order valence-corrected chi connectivity index (χ3v) is 16.0. The zero-order chi connectivity index (χ0) is 59.0. The molecule has 21 atom stereocenters. The summed E-state index contributed by atoms with van der Waals surface area (Å²) in [5.41, 5.74) is 2.20. The van der Waals surface area contributed by atoms with Gasteiger partial charge in [0, 0.05) is 30.6 Å². The second kappa shape index (κ2) is 31.5. The van der Waals surface area contributed by atoms with Gasteiger partial charge in [0.15, 0.2) is 25.2 Å². The van der Waals surface area contributed by atoms with Crippen molar-refractivity contribution >= 4 is 18.1 Å². The van der Waals surface area contributed by atoms with Crippen LogP contribution in [-0.2, 0) is 70.1 Å². The predicted molar refractivity (Wildman–Crippen MR) is 294 cm³/mol. The summed E-state index contributed by atoms with van der Waals surface area (Å²) in [5.74, 6) is -2.44. The number of carbonyl (C=O) groups is 3. The summed E-state index contributed by atoms with van der Waals surface area (Å²) in [6.45, 7) is 6.21. The minimum absolute atomic E-state index is 0.00776. The van der Waals surface area contributed by atoms with E-state index >= 15 is 0 Å². The van der Waals surface area contributed by atoms with Gasteiger partial charge in [-0.05, 0) is 30.4 Å². The molecular formula is C60H85N3O20. The molecule has 1 unspecified atom stereocenters. The van der Waals surface area contributed by atoms with Gasteiger partial charge in [-0.15, -0.1) is 0 Å². The van der Waals surface area contributed by atoms with E-state index in [-0.39, 0.29) is 45.8 Å². The number of aliphatic hydroxyl groups excluding tert-OH is 6. The Labute approximate surface area is 484 Å². The first kappa shape index (κ1) is 64.1. The van der Waals surface area contributed by atoms with Crippen molar-refractivity contribution in [3.8, 4) is 0 Å². The molecule has 3 amide bonds. The maximum absolute atomic E-state index is 14.1. The molecule has 3 aromatic rings. The van der Waals surface area contributed by atoms with Gasteiger partial charge in [0.2, 0.25) is 5.91 Å². The number of hydrogen-bond donors (Lipinski definition) is 9. The fraction of sp³-hybridized carbons (Fsp3) is 0.650. The number of benzene rings is 3. The van der Waals surface area contributed by atoms with E-state index in [0.717, 1.165) is 36.8 Å². The number of fused-ring (bicyclic) bond motifs is 1. The lowest BCUT2D eigenvalue weighted by atomic mass is 9.82. The minimum Gasteiger partial charge on any atom is -0.445 e. The lowest BCUT2D eigenvalue weighted by Crippen LogP contribution is -2.69. The van der Waals surface area contributed by atoms with Crippen molar-refractivity contribution in [1.29, 1.82) is 0 Å². The van der Waals surface area contributed by atoms with Crippen LogP contribution in [0, 0.1) is 11.8 Å². The molecule has 9 N–H and O–H groups in total. The number of hydrogen-bond acceptors (Lipinski definition) is 20. The van der Waals surface area contributed by atoms with Gasteiger partial charge in [0.25, 0.3) is 0 Å². The van der Waals surface area contributed by atoms with Crippen molar-refractivity contribution in [2.45, 2.75) is 209 Å². The molecule has 4 saturated heterocycles. The van der Waals surface area contributed by atoms with Gasteiger partial charge in [0.1, 0.15) is 80.4 Å². The summed E-state index contributed by atoms with van der Waals surface area (Å²) in [6.07, 6.45) is -18.6. The standard InChI is InChI=1S/C60H85N3O20/c1-5-7-8-9-19-27-73-49-39(62-54(70)41(65)20-6-2)28-40(63-60(72)76-32-37-23-15-11-16-24-37)50(80-56-35(4)46(67)52-44(79-56)33-74-57(82-52)38-25-17-12-18-26-38)53(49)83-58-48(69)51(43(30-64)78-58)81-55-34(3)45(66)47(68)42(77-55)29-61-59(71)75-31-36-21-13-10-14-22-36/h10-18,21-26,34-35,39-53,55-58,64-69H,5-9,19-20,27-33H2,1-4H3,(H,61,71)(H,62,70)(H,63,72)/t34-,35-,39-,40+,41+,42+,43-,44-,45-,46-,47-,48-,49+,50-,51-,52-,53-,55-,56-,57?,58+/m1/s1. The van der Waals surface area contributed by atoms with Crippen LogP contribution in [0.1, 0.15) is 102 Å². The summed E-state index contributed by atoms with van der Waals surface area (Å²) < 4.78 is 69.6. The molecular weight excluding hydrogens is 1080 g/mol. The molecule has 460 valence electrons. The van der Waals surface area contributed by atoms with Crippen LogP contribution in [0.4, 0.5) is 9.59 Å². The Morgan fingerprint density at radius 2 is 1.20 bits per heavy atom. The number of ether oxygens (including phenoxy) is 11. The van der Waals surface area contributed by atoms with Crippen LogP contribution in [0.3, 0.4) is 0 Å². The molecule has 5 aliphatic rings. The van der Waals surface area contributed by atoms with Gasteiger partial charge in [-0.25, -0.2) is 9.59 Å². The Morgan fingerprint density at radius 1 is 0.614 bits per heavy atom. The highest BCUT2D eigenvalue weighted by Crippen LogP contribution is 2.41. The van der Waals surface area contributed by atoms with Gasteiger partial charge in [-0.3, -0.25) is 4.79 Å². The molecule has 0 bridgehead atoms. The van der Waals surface area contributed by atoms with Gasteiger partial charge >= 0.3 is 12.2 Å². The van der Waals surface area contributed by atoms with Crippen LogP contribution in [0.2, 0.25) is 0 Å². The van der Waals surface area contributed by atoms with E-state index in [2.05, 4.69) is 22.9 Å².